The van der Waals surface area contributed by atoms with Gasteiger partial charge in [-0.2, -0.15) is 0 Å². The fraction of sp³-hybridized carbons (Fsp3) is 0.851. The van der Waals surface area contributed by atoms with Gasteiger partial charge in [-0.25, -0.2) is 0 Å². The Morgan fingerprint density at radius 3 is 0.825 bits per heavy atom. The van der Waals surface area contributed by atoms with Gasteiger partial charge in [-0.15, -0.1) is 35.3 Å². The first kappa shape index (κ1) is 103. The van der Waals surface area contributed by atoms with E-state index in [4.69, 9.17) is 33.5 Å². The number of amides is 10. The SMILES string of the molecule is CC(=O)N[C@@H]1[C@@H](O)[C@@H](O)[C@@H](CO)O[C@H]1SCCC(=O)NCCCCCNC(=O)CCOCC(COCCC(=O)NCCCCCNC(=O)CCS[C@@H]1O[C@H](CO)[C@H](O)[C@H](O)[C@H]1NC(C)=O)(COCCC(=O)NCCCCCNC(=O)CCS[C@@H]1O[C@H](CO)[C@H](O)[C@H](O)[C@H]1NC(C)=O)NC(=O)CCCCCCCCCCCC(=O)O. The van der Waals surface area contributed by atoms with E-state index in [0.717, 1.165) is 80.2 Å². The first-order valence-corrected chi connectivity index (χ1v) is 43.2. The summed E-state index contributed by atoms with van der Waals surface area (Å²) in [6.07, 6.45) is 2.03. The number of rotatable bonds is 64. The predicted molar refractivity (Wildman–Crippen MR) is 423 cm³/mol. The lowest BCUT2D eigenvalue weighted by atomic mass is 9.98. The smallest absolute Gasteiger partial charge is 0.303 e. The van der Waals surface area contributed by atoms with Gasteiger partial charge in [0.15, 0.2) is 0 Å². The van der Waals surface area contributed by atoms with Gasteiger partial charge in [-0.1, -0.05) is 44.9 Å². The summed E-state index contributed by atoms with van der Waals surface area (Å²) >= 11 is 3.49. The molecule has 20 N–H and O–H groups in total. The third kappa shape index (κ3) is 44.4. The van der Waals surface area contributed by atoms with Crippen LogP contribution in [-0.2, 0) is 81.2 Å². The normalized spacial score (nSPS) is 23.5. The first-order chi connectivity index (χ1) is 54.6. The Morgan fingerprint density at radius 2 is 0.570 bits per heavy atom. The van der Waals surface area contributed by atoms with E-state index in [-0.39, 0.29) is 150 Å². The Morgan fingerprint density at radius 1 is 0.325 bits per heavy atom. The van der Waals surface area contributed by atoms with Crippen LogP contribution in [0.4, 0.5) is 0 Å². The third-order valence-electron chi connectivity index (χ3n) is 18.8. The second kappa shape index (κ2) is 61.0. The van der Waals surface area contributed by atoms with Crippen molar-refractivity contribution >= 4 is 100 Å². The number of aliphatic hydroxyl groups is 9. The van der Waals surface area contributed by atoms with Gasteiger partial charge in [0.1, 0.15) is 76.8 Å². The molecule has 10 amide bonds. The molecule has 0 spiro atoms. The zero-order valence-electron chi connectivity index (χ0n) is 66.4. The van der Waals surface area contributed by atoms with Crippen LogP contribution in [0.1, 0.15) is 188 Å². The lowest BCUT2D eigenvalue weighted by Gasteiger charge is -2.42. The number of carbonyl (C=O) groups is 11. The maximum absolute atomic E-state index is 13.9. The average Bonchev–Trinajstić information content (AvgIpc) is 0.821. The Kier molecular flexibility index (Phi) is 55.0. The van der Waals surface area contributed by atoms with E-state index >= 15 is 0 Å². The predicted octanol–water partition coefficient (Wildman–Crippen LogP) is -2.15. The fourth-order valence-corrected chi connectivity index (χ4v) is 16.1. The molecule has 3 saturated heterocycles. The van der Waals surface area contributed by atoms with Gasteiger partial charge in [-0.3, -0.25) is 52.7 Å². The molecule has 0 radical (unpaired) electrons. The highest BCUT2D eigenvalue weighted by atomic mass is 32.2. The molecule has 3 rings (SSSR count). The molecule has 658 valence electrons. The molecule has 40 heteroatoms. The molecule has 0 unspecified atom stereocenters. The largest absolute Gasteiger partial charge is 0.481 e. The summed E-state index contributed by atoms with van der Waals surface area (Å²) in [5, 5.41) is 128. The van der Waals surface area contributed by atoms with Gasteiger partial charge in [-0.05, 0) is 70.6 Å². The molecular formula is C74H132N10O27S3. The standard InChI is InChI=1S/C74H132N10O27S3/c1-48(88)81-62-68(103)65(100)51(42-85)109-71(62)112-39-27-57(94)78-33-19-11-16-30-75-54(91)24-36-106-45-74(84-60(97)22-14-9-7-5-4-6-8-10-15-23-61(98)99,46-107-37-25-55(92)76-31-17-12-20-34-79-58(95)28-40-113-72-63(82-49(2)89)69(104)66(101)52(43-86)110-72)47-108-38-26-56(93)77-32-18-13-21-35-80-59(96)29-41-114-73-64(83-50(3)90)70(105)67(102)53(44-87)111-73/h51-53,62-73,85-87,100-105H,4-47H2,1-3H3,(H,75,91)(H,76,92)(H,77,93)(H,78,94)(H,79,95)(H,80,96)(H,81,88)(H,82,89)(H,83,90)(H,84,97)(H,98,99)/t51-,52-,53-,62-,63-,64-,65+,66+,67+,68-,69-,70-,71+,72+,73+/m1/s1. The molecule has 3 aliphatic heterocycles. The summed E-state index contributed by atoms with van der Waals surface area (Å²) in [6, 6.07) is -2.89. The second-order valence-electron chi connectivity index (χ2n) is 28.8. The second-order valence-corrected chi connectivity index (χ2v) is 32.4. The van der Waals surface area contributed by atoms with E-state index in [1.807, 2.05) is 0 Å². The number of carbonyl (C=O) groups excluding carboxylic acids is 10. The molecule has 114 heavy (non-hydrogen) atoms. The van der Waals surface area contributed by atoms with Crippen molar-refractivity contribution in [3.8, 4) is 0 Å². The van der Waals surface area contributed by atoms with Gasteiger partial charge in [0.2, 0.25) is 59.1 Å². The van der Waals surface area contributed by atoms with Gasteiger partial charge >= 0.3 is 5.97 Å². The summed E-state index contributed by atoms with van der Waals surface area (Å²) in [5.74, 6) is -3.33. The van der Waals surface area contributed by atoms with E-state index in [1.54, 1.807) is 0 Å². The minimum absolute atomic E-state index is 0.0516. The number of hydrogen-bond acceptors (Lipinski definition) is 29. The zero-order valence-corrected chi connectivity index (χ0v) is 68.9. The third-order valence-corrected chi connectivity index (χ3v) is 22.4. The molecule has 0 aliphatic carbocycles. The monoisotopic (exact) mass is 1690 g/mol. The van der Waals surface area contributed by atoms with Crippen molar-refractivity contribution < 1.29 is 132 Å². The summed E-state index contributed by atoms with van der Waals surface area (Å²) in [4.78, 5) is 137. The van der Waals surface area contributed by atoms with Crippen LogP contribution in [0.15, 0.2) is 0 Å². The van der Waals surface area contributed by atoms with Crippen LogP contribution in [0.3, 0.4) is 0 Å². The van der Waals surface area contributed by atoms with Crippen molar-refractivity contribution in [2.45, 2.75) is 283 Å². The molecule has 0 bridgehead atoms. The van der Waals surface area contributed by atoms with E-state index in [2.05, 4.69) is 53.2 Å². The summed E-state index contributed by atoms with van der Waals surface area (Å²) in [6.45, 7) is 3.45. The summed E-state index contributed by atoms with van der Waals surface area (Å²) in [5.41, 5.74) is -3.84. The van der Waals surface area contributed by atoms with Crippen LogP contribution in [0, 0.1) is 0 Å². The molecule has 15 atom stereocenters. The summed E-state index contributed by atoms with van der Waals surface area (Å²) < 4.78 is 35.5. The van der Waals surface area contributed by atoms with Crippen molar-refractivity contribution in [3.63, 3.8) is 0 Å². The molecule has 3 heterocycles. The number of carboxylic acid groups (broad SMARTS) is 1. The number of ether oxygens (including phenoxy) is 6. The molecular weight excluding hydrogens is 1560 g/mol. The van der Waals surface area contributed by atoms with E-state index in [0.29, 0.717) is 110 Å². The minimum atomic E-state index is -1.42. The van der Waals surface area contributed by atoms with Gasteiger partial charge in [0.05, 0.1) is 77.6 Å². The molecule has 3 aliphatic rings. The number of aliphatic hydroxyl groups excluding tert-OH is 9. The van der Waals surface area contributed by atoms with Gasteiger partial charge < -0.3 is 133 Å². The van der Waals surface area contributed by atoms with Crippen molar-refractivity contribution in [2.75, 3.05) is 116 Å². The highest BCUT2D eigenvalue weighted by Gasteiger charge is 2.48. The lowest BCUT2D eigenvalue weighted by Crippen LogP contribution is -2.63. The van der Waals surface area contributed by atoms with Crippen molar-refractivity contribution in [3.05, 3.63) is 0 Å². The van der Waals surface area contributed by atoms with Gasteiger partial charge in [0.25, 0.3) is 0 Å². The maximum atomic E-state index is 13.9. The lowest BCUT2D eigenvalue weighted by molar-refractivity contribution is -0.173. The number of carboxylic acids is 1. The van der Waals surface area contributed by atoms with Crippen LogP contribution in [0.2, 0.25) is 0 Å². The number of unbranched alkanes of at least 4 members (excludes halogenated alkanes) is 14. The van der Waals surface area contributed by atoms with Crippen LogP contribution in [0.5, 0.6) is 0 Å². The zero-order chi connectivity index (χ0) is 84.1. The number of hydrogen-bond donors (Lipinski definition) is 20. The van der Waals surface area contributed by atoms with Crippen LogP contribution in [0.25, 0.3) is 0 Å². The van der Waals surface area contributed by atoms with Crippen molar-refractivity contribution in [1.29, 1.82) is 0 Å². The minimum Gasteiger partial charge on any atom is -0.481 e. The Bertz CT molecular complexity index is 2560. The summed E-state index contributed by atoms with van der Waals surface area (Å²) in [7, 11) is 0. The fourth-order valence-electron chi connectivity index (χ4n) is 12.5. The molecule has 37 nitrogen and oxygen atoms in total. The Balaban J connectivity index is 1.55. The van der Waals surface area contributed by atoms with E-state index < -0.39 is 138 Å². The molecule has 0 aromatic rings. The van der Waals surface area contributed by atoms with Crippen LogP contribution < -0.4 is 53.2 Å². The molecule has 0 aromatic carbocycles. The molecule has 3 fully saturated rings. The van der Waals surface area contributed by atoms with Crippen molar-refractivity contribution in [1.82, 2.24) is 53.2 Å². The maximum Gasteiger partial charge on any atom is 0.303 e. The first-order valence-electron chi connectivity index (χ1n) is 40.0. The Hall–Kier alpha value is -5.38. The quantitative estimate of drug-likeness (QED) is 0.0289. The molecule has 0 saturated carbocycles. The topological polar surface area (TPSA) is 566 Å². The van der Waals surface area contributed by atoms with Crippen LogP contribution >= 0.6 is 35.3 Å². The van der Waals surface area contributed by atoms with Crippen molar-refractivity contribution in [2.24, 2.45) is 0 Å². The average molecular weight is 1690 g/mol. The van der Waals surface area contributed by atoms with E-state index in [1.165, 1.54) is 20.8 Å². The number of thioether (sulfide) groups is 3. The highest BCUT2D eigenvalue weighted by Crippen LogP contribution is 2.32. The van der Waals surface area contributed by atoms with E-state index in [9.17, 15) is 98.7 Å². The molecule has 0 aromatic heterocycles. The van der Waals surface area contributed by atoms with Crippen LogP contribution in [-0.4, -0.2) is 327 Å². The van der Waals surface area contributed by atoms with Gasteiger partial charge in [0, 0.05) is 129 Å². The Labute approximate surface area is 681 Å². The number of nitrogens with one attached hydrogen (secondary N) is 10. The highest BCUT2D eigenvalue weighted by molar-refractivity contribution is 8.00. The number of aliphatic carboxylic acids is 1.